The summed E-state index contributed by atoms with van der Waals surface area (Å²) in [4.78, 5) is 12.4. The van der Waals surface area contributed by atoms with Gasteiger partial charge in [0.05, 0.1) is 27.3 Å². The molecule has 27 heavy (non-hydrogen) atoms. The fourth-order valence-electron chi connectivity index (χ4n) is 2.54. The molecule has 2 aromatic carbocycles. The molecular weight excluding hydrogens is 384 g/mol. The van der Waals surface area contributed by atoms with Gasteiger partial charge in [-0.3, -0.25) is 0 Å². The van der Waals surface area contributed by atoms with Crippen molar-refractivity contribution >= 4 is 37.5 Å². The van der Waals surface area contributed by atoms with Crippen LogP contribution in [0.3, 0.4) is 0 Å². The van der Waals surface area contributed by atoms with E-state index in [2.05, 4.69) is 11.0 Å². The normalized spacial score (nSPS) is 12.3. The Morgan fingerprint density at radius 2 is 2.00 bits per heavy atom. The molecule has 0 radical (unpaired) electrons. The zero-order chi connectivity index (χ0) is 19.4. The fourth-order valence-corrected chi connectivity index (χ4v) is 4.84. The summed E-state index contributed by atoms with van der Waals surface area (Å²) in [5.41, 5.74) is 1.18. The average Bonchev–Trinajstić information content (AvgIpc) is 2.99. The fraction of sp³-hybridized carbons (Fsp3) is 0.158. The van der Waals surface area contributed by atoms with Crippen molar-refractivity contribution in [2.24, 2.45) is 4.40 Å². The first-order chi connectivity index (χ1) is 13.0. The van der Waals surface area contributed by atoms with E-state index in [-0.39, 0.29) is 11.5 Å². The minimum atomic E-state index is -3.85. The molecule has 1 aromatic heterocycles. The number of rotatable bonds is 6. The summed E-state index contributed by atoms with van der Waals surface area (Å²) in [5, 5.41) is 0. The number of fused-ring (bicyclic) bond motifs is 1. The molecule has 0 saturated carbocycles. The van der Waals surface area contributed by atoms with Crippen LogP contribution in [0.5, 0.6) is 0 Å². The van der Waals surface area contributed by atoms with E-state index in [1.54, 1.807) is 54.0 Å². The molecule has 0 unspecified atom stereocenters. The molecule has 0 spiro atoms. The molecule has 6 nitrogen and oxygen atoms in total. The minimum absolute atomic E-state index is 0.125. The number of allylic oxidation sites excluding steroid dienone is 1. The highest BCUT2D eigenvalue weighted by Crippen LogP contribution is 2.21. The molecular formula is C19H18N2O4S2. The maximum atomic E-state index is 12.6. The smallest absolute Gasteiger partial charge is 0.338 e. The van der Waals surface area contributed by atoms with Crippen LogP contribution in [-0.2, 0) is 21.3 Å². The zero-order valence-corrected chi connectivity index (χ0v) is 16.3. The summed E-state index contributed by atoms with van der Waals surface area (Å²) in [5.74, 6) is -0.418. The molecule has 0 N–H and O–H groups in total. The van der Waals surface area contributed by atoms with E-state index in [1.807, 2.05) is 0 Å². The zero-order valence-electron chi connectivity index (χ0n) is 14.7. The molecule has 0 aliphatic heterocycles. The quantitative estimate of drug-likeness (QED) is 0.468. The highest BCUT2D eigenvalue weighted by atomic mass is 32.2. The number of sulfonamides is 1. The summed E-state index contributed by atoms with van der Waals surface area (Å²) >= 11 is 1.20. The lowest BCUT2D eigenvalue weighted by Gasteiger charge is -2.03. The molecule has 0 atom stereocenters. The number of esters is 1. The second kappa shape index (κ2) is 7.89. The summed E-state index contributed by atoms with van der Waals surface area (Å²) in [6.45, 7) is 6.14. The van der Waals surface area contributed by atoms with Gasteiger partial charge in [0, 0.05) is 6.54 Å². The molecule has 0 aliphatic carbocycles. The predicted molar refractivity (Wildman–Crippen MR) is 105 cm³/mol. The van der Waals surface area contributed by atoms with E-state index >= 15 is 0 Å². The molecule has 0 bridgehead atoms. The standard InChI is InChI=1S/C19H18N2O4S2/c1-3-12-21-16-11-10-14(18(22)25-4-2)13-17(16)26-19(21)20-27(23,24)15-8-6-5-7-9-15/h3,5-11,13H,1,4,12H2,2H3. The van der Waals surface area contributed by atoms with E-state index in [9.17, 15) is 13.2 Å². The third-order valence-electron chi connectivity index (χ3n) is 3.74. The number of benzene rings is 2. The van der Waals surface area contributed by atoms with Crippen molar-refractivity contribution in [1.29, 1.82) is 0 Å². The second-order valence-corrected chi connectivity index (χ2v) is 8.18. The van der Waals surface area contributed by atoms with Crippen molar-refractivity contribution in [3.63, 3.8) is 0 Å². The lowest BCUT2D eigenvalue weighted by atomic mass is 10.2. The van der Waals surface area contributed by atoms with Crippen LogP contribution in [0.4, 0.5) is 0 Å². The Bertz CT molecular complexity index is 1160. The predicted octanol–water partition coefficient (Wildman–Crippen LogP) is 3.36. The van der Waals surface area contributed by atoms with E-state index in [0.717, 1.165) is 10.2 Å². The summed E-state index contributed by atoms with van der Waals surface area (Å²) in [7, 11) is -3.85. The first kappa shape index (κ1) is 19.1. The van der Waals surface area contributed by atoms with Gasteiger partial charge in [0.2, 0.25) is 4.80 Å². The van der Waals surface area contributed by atoms with Gasteiger partial charge in [0.25, 0.3) is 10.0 Å². The Balaban J connectivity index is 2.18. The Morgan fingerprint density at radius 3 is 2.67 bits per heavy atom. The first-order valence-electron chi connectivity index (χ1n) is 8.23. The number of hydrogen-bond acceptors (Lipinski definition) is 5. The Hall–Kier alpha value is -2.71. The van der Waals surface area contributed by atoms with Crippen molar-refractivity contribution in [2.45, 2.75) is 18.4 Å². The molecule has 1 heterocycles. The third-order valence-corrected chi connectivity index (χ3v) is 6.18. The number of carbonyl (C=O) groups is 1. The van der Waals surface area contributed by atoms with Crippen LogP contribution in [0.25, 0.3) is 10.2 Å². The Morgan fingerprint density at radius 1 is 1.26 bits per heavy atom. The largest absolute Gasteiger partial charge is 0.462 e. The van der Waals surface area contributed by atoms with Gasteiger partial charge in [-0.1, -0.05) is 35.6 Å². The van der Waals surface area contributed by atoms with Crippen molar-refractivity contribution in [1.82, 2.24) is 4.57 Å². The van der Waals surface area contributed by atoms with Crippen LogP contribution in [0, 0.1) is 0 Å². The van der Waals surface area contributed by atoms with Crippen molar-refractivity contribution < 1.29 is 17.9 Å². The Labute approximate surface area is 161 Å². The molecule has 140 valence electrons. The van der Waals surface area contributed by atoms with E-state index in [1.165, 1.54) is 23.5 Å². The van der Waals surface area contributed by atoms with Crippen molar-refractivity contribution in [3.8, 4) is 0 Å². The van der Waals surface area contributed by atoms with Gasteiger partial charge < -0.3 is 9.30 Å². The lowest BCUT2D eigenvalue weighted by molar-refractivity contribution is 0.0526. The number of ether oxygens (including phenoxy) is 1. The highest BCUT2D eigenvalue weighted by Gasteiger charge is 2.15. The van der Waals surface area contributed by atoms with Gasteiger partial charge in [-0.15, -0.1) is 11.0 Å². The maximum absolute atomic E-state index is 12.6. The van der Waals surface area contributed by atoms with Gasteiger partial charge in [-0.05, 0) is 37.3 Å². The van der Waals surface area contributed by atoms with Gasteiger partial charge in [0.15, 0.2) is 0 Å². The Kier molecular flexibility index (Phi) is 5.57. The highest BCUT2D eigenvalue weighted by molar-refractivity contribution is 7.90. The SMILES string of the molecule is C=CCn1c(=NS(=O)(=O)c2ccccc2)sc2cc(C(=O)OCC)ccc21. The molecule has 0 saturated heterocycles. The maximum Gasteiger partial charge on any atom is 0.338 e. The molecule has 0 amide bonds. The monoisotopic (exact) mass is 402 g/mol. The van der Waals surface area contributed by atoms with Crippen LogP contribution in [0.2, 0.25) is 0 Å². The van der Waals surface area contributed by atoms with Gasteiger partial charge >= 0.3 is 5.97 Å². The van der Waals surface area contributed by atoms with E-state index in [0.29, 0.717) is 16.9 Å². The van der Waals surface area contributed by atoms with Crippen molar-refractivity contribution in [3.05, 3.63) is 71.6 Å². The van der Waals surface area contributed by atoms with E-state index < -0.39 is 16.0 Å². The number of carbonyl (C=O) groups excluding carboxylic acids is 1. The molecule has 0 fully saturated rings. The summed E-state index contributed by atoms with van der Waals surface area (Å²) in [6.07, 6.45) is 1.67. The molecule has 3 aromatic rings. The summed E-state index contributed by atoms with van der Waals surface area (Å²) < 4.78 is 36.8. The number of nitrogens with zero attached hydrogens (tertiary/aromatic N) is 2. The van der Waals surface area contributed by atoms with Crippen molar-refractivity contribution in [2.75, 3.05) is 6.61 Å². The molecule has 8 heteroatoms. The second-order valence-electron chi connectivity index (χ2n) is 5.57. The van der Waals surface area contributed by atoms with Gasteiger partial charge in [-0.25, -0.2) is 4.79 Å². The summed E-state index contributed by atoms with van der Waals surface area (Å²) in [6, 6.07) is 13.1. The van der Waals surface area contributed by atoms with Crippen LogP contribution in [0.1, 0.15) is 17.3 Å². The number of thiazole rings is 1. The molecule has 3 rings (SSSR count). The van der Waals surface area contributed by atoms with Crippen LogP contribution >= 0.6 is 11.3 Å². The third kappa shape index (κ3) is 4.01. The first-order valence-corrected chi connectivity index (χ1v) is 10.5. The van der Waals surface area contributed by atoms with Gasteiger partial charge in [0.1, 0.15) is 0 Å². The number of aromatic nitrogens is 1. The average molecular weight is 402 g/mol. The van der Waals surface area contributed by atoms with Gasteiger partial charge in [-0.2, -0.15) is 8.42 Å². The van der Waals surface area contributed by atoms with Crippen LogP contribution in [-0.4, -0.2) is 25.6 Å². The topological polar surface area (TPSA) is 77.7 Å². The lowest BCUT2D eigenvalue weighted by Crippen LogP contribution is -2.16. The minimum Gasteiger partial charge on any atom is -0.462 e. The van der Waals surface area contributed by atoms with Crippen LogP contribution < -0.4 is 4.80 Å². The van der Waals surface area contributed by atoms with E-state index in [4.69, 9.17) is 4.74 Å². The number of hydrogen-bond donors (Lipinski definition) is 0. The molecule has 0 aliphatic rings. The van der Waals surface area contributed by atoms with Crippen LogP contribution in [0.15, 0.2) is 70.5 Å².